The molecule has 0 unspecified atom stereocenters. The van der Waals surface area contributed by atoms with E-state index >= 15 is 0 Å². The number of halogens is 3. The van der Waals surface area contributed by atoms with E-state index in [1.54, 1.807) is 0 Å². The number of benzene rings is 2. The Labute approximate surface area is 116 Å². The van der Waals surface area contributed by atoms with Crippen LogP contribution in [0.25, 0.3) is 0 Å². The van der Waals surface area contributed by atoms with Crippen molar-refractivity contribution >= 4 is 33.2 Å². The molecule has 1 amide bonds. The van der Waals surface area contributed by atoms with Gasteiger partial charge in [-0.05, 0) is 52.3 Å². The highest BCUT2D eigenvalue weighted by molar-refractivity contribution is 9.10. The Morgan fingerprint density at radius 2 is 1.89 bits per heavy atom. The summed E-state index contributed by atoms with van der Waals surface area (Å²) in [6.45, 7) is 0. The predicted octanol–water partition coefficient (Wildman–Crippen LogP) is 3.56. The second-order valence-corrected chi connectivity index (χ2v) is 4.67. The predicted molar refractivity (Wildman–Crippen MR) is 72.9 cm³/mol. The standard InChI is InChI=1S/C13H9BrF2N2O/c14-10-5-7(15)1-4-12(10)18-13(19)9-6-8(17)2-3-11(9)16/h1-6H,17H2,(H,18,19). The summed E-state index contributed by atoms with van der Waals surface area (Å²) < 4.78 is 26.8. The first-order valence-electron chi connectivity index (χ1n) is 5.29. The average molecular weight is 327 g/mol. The first kappa shape index (κ1) is 13.5. The van der Waals surface area contributed by atoms with E-state index in [-0.39, 0.29) is 11.3 Å². The quantitative estimate of drug-likeness (QED) is 0.829. The van der Waals surface area contributed by atoms with Crippen LogP contribution in [0.2, 0.25) is 0 Å². The first-order chi connectivity index (χ1) is 8.97. The lowest BCUT2D eigenvalue weighted by Gasteiger charge is -2.08. The highest BCUT2D eigenvalue weighted by atomic mass is 79.9. The number of rotatable bonds is 2. The fourth-order valence-corrected chi connectivity index (χ4v) is 1.95. The van der Waals surface area contributed by atoms with Gasteiger partial charge in [0.15, 0.2) is 0 Å². The molecule has 19 heavy (non-hydrogen) atoms. The Kier molecular flexibility index (Phi) is 3.80. The van der Waals surface area contributed by atoms with Gasteiger partial charge in [-0.15, -0.1) is 0 Å². The molecular formula is C13H9BrF2N2O. The molecular weight excluding hydrogens is 318 g/mol. The molecule has 3 nitrogen and oxygen atoms in total. The van der Waals surface area contributed by atoms with E-state index in [9.17, 15) is 13.6 Å². The Morgan fingerprint density at radius 3 is 2.58 bits per heavy atom. The van der Waals surface area contributed by atoms with Gasteiger partial charge in [0.05, 0.1) is 11.3 Å². The number of carbonyl (C=O) groups is 1. The zero-order valence-corrected chi connectivity index (χ0v) is 11.2. The average Bonchev–Trinajstić information content (AvgIpc) is 2.35. The van der Waals surface area contributed by atoms with Crippen LogP contribution in [0.1, 0.15) is 10.4 Å². The lowest BCUT2D eigenvalue weighted by atomic mass is 10.1. The molecule has 0 aliphatic rings. The van der Waals surface area contributed by atoms with Crippen LogP contribution in [-0.2, 0) is 0 Å². The number of carbonyl (C=O) groups excluding carboxylic acids is 1. The van der Waals surface area contributed by atoms with Gasteiger partial charge in [-0.1, -0.05) is 0 Å². The Bertz CT molecular complexity index is 647. The van der Waals surface area contributed by atoms with Crippen LogP contribution >= 0.6 is 15.9 Å². The number of anilines is 2. The van der Waals surface area contributed by atoms with Crippen LogP contribution in [0.5, 0.6) is 0 Å². The molecule has 0 spiro atoms. The molecule has 0 bridgehead atoms. The number of hydrogen-bond donors (Lipinski definition) is 2. The van der Waals surface area contributed by atoms with Gasteiger partial charge in [0, 0.05) is 10.2 Å². The van der Waals surface area contributed by atoms with Crippen molar-refractivity contribution in [2.24, 2.45) is 0 Å². The normalized spacial score (nSPS) is 10.3. The molecule has 0 atom stereocenters. The van der Waals surface area contributed by atoms with Crippen LogP contribution in [-0.4, -0.2) is 5.91 Å². The minimum atomic E-state index is -0.676. The van der Waals surface area contributed by atoms with E-state index in [1.807, 2.05) is 0 Å². The smallest absolute Gasteiger partial charge is 0.258 e. The Hall–Kier alpha value is -1.95. The number of nitrogens with one attached hydrogen (secondary N) is 1. The summed E-state index contributed by atoms with van der Waals surface area (Å²) in [5.74, 6) is -1.78. The third-order valence-corrected chi connectivity index (χ3v) is 3.07. The molecule has 98 valence electrons. The van der Waals surface area contributed by atoms with Crippen molar-refractivity contribution in [1.82, 2.24) is 0 Å². The molecule has 0 aliphatic carbocycles. The lowest BCUT2D eigenvalue weighted by molar-refractivity contribution is 0.102. The maximum absolute atomic E-state index is 13.5. The largest absolute Gasteiger partial charge is 0.399 e. The van der Waals surface area contributed by atoms with Crippen molar-refractivity contribution in [3.8, 4) is 0 Å². The third kappa shape index (κ3) is 3.08. The highest BCUT2D eigenvalue weighted by Crippen LogP contribution is 2.24. The molecule has 0 aliphatic heterocycles. The molecule has 0 radical (unpaired) electrons. The maximum atomic E-state index is 13.5. The van der Waals surface area contributed by atoms with E-state index in [4.69, 9.17) is 5.73 Å². The second kappa shape index (κ2) is 5.36. The molecule has 0 saturated heterocycles. The first-order valence-corrected chi connectivity index (χ1v) is 6.08. The summed E-state index contributed by atoms with van der Waals surface area (Å²) in [5.41, 5.74) is 5.96. The highest BCUT2D eigenvalue weighted by Gasteiger charge is 2.13. The SMILES string of the molecule is Nc1ccc(F)c(C(=O)Nc2ccc(F)cc2Br)c1. The van der Waals surface area contributed by atoms with Gasteiger partial charge < -0.3 is 11.1 Å². The topological polar surface area (TPSA) is 55.1 Å². The second-order valence-electron chi connectivity index (χ2n) is 3.82. The van der Waals surface area contributed by atoms with Crippen molar-refractivity contribution in [3.05, 3.63) is 58.1 Å². The van der Waals surface area contributed by atoms with Crippen molar-refractivity contribution in [2.45, 2.75) is 0 Å². The van der Waals surface area contributed by atoms with Crippen molar-refractivity contribution in [1.29, 1.82) is 0 Å². The van der Waals surface area contributed by atoms with Gasteiger partial charge in [-0.25, -0.2) is 8.78 Å². The molecule has 0 saturated carbocycles. The van der Waals surface area contributed by atoms with E-state index < -0.39 is 17.5 Å². The van der Waals surface area contributed by atoms with Gasteiger partial charge in [0.1, 0.15) is 11.6 Å². The van der Waals surface area contributed by atoms with Gasteiger partial charge in [-0.3, -0.25) is 4.79 Å². The lowest BCUT2D eigenvalue weighted by Crippen LogP contribution is -2.14. The Morgan fingerprint density at radius 1 is 1.16 bits per heavy atom. The van der Waals surface area contributed by atoms with Crippen molar-refractivity contribution < 1.29 is 13.6 Å². The molecule has 2 aromatic carbocycles. The molecule has 2 rings (SSSR count). The van der Waals surface area contributed by atoms with Gasteiger partial charge in [-0.2, -0.15) is 0 Å². The van der Waals surface area contributed by atoms with E-state index in [2.05, 4.69) is 21.2 Å². The van der Waals surface area contributed by atoms with Crippen molar-refractivity contribution in [2.75, 3.05) is 11.1 Å². The summed E-state index contributed by atoms with van der Waals surface area (Å²) in [4.78, 5) is 11.9. The fraction of sp³-hybridized carbons (Fsp3) is 0. The Balaban J connectivity index is 2.28. The zero-order chi connectivity index (χ0) is 14.0. The van der Waals surface area contributed by atoms with Crippen LogP contribution in [0.15, 0.2) is 40.9 Å². The molecule has 6 heteroatoms. The summed E-state index contributed by atoms with van der Waals surface area (Å²) >= 11 is 3.11. The summed E-state index contributed by atoms with van der Waals surface area (Å²) in [6.07, 6.45) is 0. The molecule has 0 fully saturated rings. The number of nitrogens with two attached hydrogens (primary N) is 1. The fourth-order valence-electron chi connectivity index (χ4n) is 1.50. The number of hydrogen-bond acceptors (Lipinski definition) is 2. The van der Waals surface area contributed by atoms with Crippen molar-refractivity contribution in [3.63, 3.8) is 0 Å². The summed E-state index contributed by atoms with van der Waals surface area (Å²) in [6, 6.07) is 7.48. The van der Waals surface area contributed by atoms with Crippen LogP contribution in [0, 0.1) is 11.6 Å². The number of nitrogen functional groups attached to an aromatic ring is 1. The molecule has 0 aromatic heterocycles. The summed E-state index contributed by atoms with van der Waals surface area (Å²) in [5, 5.41) is 2.47. The molecule has 0 heterocycles. The van der Waals surface area contributed by atoms with Gasteiger partial charge in [0.25, 0.3) is 5.91 Å². The van der Waals surface area contributed by atoms with E-state index in [0.717, 1.165) is 6.07 Å². The maximum Gasteiger partial charge on any atom is 0.258 e. The summed E-state index contributed by atoms with van der Waals surface area (Å²) in [7, 11) is 0. The van der Waals surface area contributed by atoms with E-state index in [1.165, 1.54) is 30.3 Å². The third-order valence-electron chi connectivity index (χ3n) is 2.41. The van der Waals surface area contributed by atoms with Crippen LogP contribution in [0.4, 0.5) is 20.2 Å². The molecule has 3 N–H and O–H groups in total. The zero-order valence-electron chi connectivity index (χ0n) is 9.58. The minimum absolute atomic E-state index is 0.170. The van der Waals surface area contributed by atoms with Crippen LogP contribution < -0.4 is 11.1 Å². The van der Waals surface area contributed by atoms with Gasteiger partial charge >= 0.3 is 0 Å². The molecule has 2 aromatic rings. The van der Waals surface area contributed by atoms with Crippen LogP contribution in [0.3, 0.4) is 0 Å². The number of amides is 1. The monoisotopic (exact) mass is 326 g/mol. The minimum Gasteiger partial charge on any atom is -0.399 e. The van der Waals surface area contributed by atoms with Gasteiger partial charge in [0.2, 0.25) is 0 Å². The van der Waals surface area contributed by atoms with E-state index in [0.29, 0.717) is 10.2 Å².